The summed E-state index contributed by atoms with van der Waals surface area (Å²) in [6.07, 6.45) is 9.59. The molecular formula is C14H25NO. The highest BCUT2D eigenvalue weighted by molar-refractivity contribution is 5.84. The van der Waals surface area contributed by atoms with Gasteiger partial charge >= 0.3 is 0 Å². The lowest BCUT2D eigenvalue weighted by atomic mass is 9.73. The van der Waals surface area contributed by atoms with E-state index in [2.05, 4.69) is 12.2 Å². The number of nitrogens with one attached hydrogen (secondary N) is 1. The van der Waals surface area contributed by atoms with Gasteiger partial charge in [0.25, 0.3) is 0 Å². The van der Waals surface area contributed by atoms with Gasteiger partial charge in [-0.25, -0.2) is 0 Å². The van der Waals surface area contributed by atoms with Gasteiger partial charge in [-0.3, -0.25) is 4.79 Å². The molecule has 1 saturated heterocycles. The Morgan fingerprint density at radius 1 is 1.19 bits per heavy atom. The molecule has 0 amide bonds. The Morgan fingerprint density at radius 2 is 1.81 bits per heavy atom. The molecule has 2 aliphatic rings. The lowest BCUT2D eigenvalue weighted by Crippen LogP contribution is -2.40. The number of carbonyl (C=O) groups is 1. The fourth-order valence-corrected chi connectivity index (χ4v) is 3.16. The van der Waals surface area contributed by atoms with E-state index in [9.17, 15) is 4.79 Å². The predicted octanol–water partition coefficient (Wildman–Crippen LogP) is 2.92. The zero-order valence-corrected chi connectivity index (χ0v) is 10.6. The van der Waals surface area contributed by atoms with Crippen LogP contribution in [-0.4, -0.2) is 18.9 Å². The Bertz CT molecular complexity index is 237. The number of hydrogen-bond acceptors (Lipinski definition) is 2. The maximum Gasteiger partial charge on any atom is 0.139 e. The van der Waals surface area contributed by atoms with Crippen LogP contribution in [0.2, 0.25) is 0 Å². The van der Waals surface area contributed by atoms with E-state index >= 15 is 0 Å². The third kappa shape index (κ3) is 2.85. The average Bonchev–Trinajstić information content (AvgIpc) is 2.31. The van der Waals surface area contributed by atoms with Crippen molar-refractivity contribution < 1.29 is 4.79 Å². The molecule has 92 valence electrons. The molecule has 0 aromatic rings. The molecular weight excluding hydrogens is 198 g/mol. The van der Waals surface area contributed by atoms with Crippen LogP contribution in [-0.2, 0) is 4.79 Å². The highest BCUT2D eigenvalue weighted by atomic mass is 16.1. The Balaban J connectivity index is 1.85. The number of hydrogen-bond donors (Lipinski definition) is 1. The first kappa shape index (κ1) is 12.1. The van der Waals surface area contributed by atoms with E-state index in [0.29, 0.717) is 11.7 Å². The summed E-state index contributed by atoms with van der Waals surface area (Å²) in [5.74, 6) is 1.24. The van der Waals surface area contributed by atoms with Crippen molar-refractivity contribution in [1.29, 1.82) is 0 Å². The lowest BCUT2D eigenvalue weighted by Gasteiger charge is -2.34. The Hall–Kier alpha value is -0.370. The van der Waals surface area contributed by atoms with Gasteiger partial charge in [-0.1, -0.05) is 39.0 Å². The van der Waals surface area contributed by atoms with Gasteiger partial charge in [0.15, 0.2) is 0 Å². The molecule has 1 N–H and O–H groups in total. The van der Waals surface area contributed by atoms with Gasteiger partial charge in [-0.15, -0.1) is 0 Å². The van der Waals surface area contributed by atoms with Gasteiger partial charge in [0.2, 0.25) is 0 Å². The number of Topliss-reactive ketones (excluding diaryl/α,β-unsaturated/α-hetero) is 1. The van der Waals surface area contributed by atoms with E-state index in [-0.39, 0.29) is 5.41 Å². The third-order valence-electron chi connectivity index (χ3n) is 4.58. The molecule has 0 aromatic carbocycles. The van der Waals surface area contributed by atoms with E-state index in [1.165, 1.54) is 32.1 Å². The van der Waals surface area contributed by atoms with Gasteiger partial charge in [0.1, 0.15) is 5.78 Å². The van der Waals surface area contributed by atoms with Gasteiger partial charge in [-0.05, 0) is 31.8 Å². The van der Waals surface area contributed by atoms with E-state index in [1.54, 1.807) is 0 Å². The van der Waals surface area contributed by atoms with Gasteiger partial charge in [0, 0.05) is 11.8 Å². The van der Waals surface area contributed by atoms with Gasteiger partial charge in [-0.2, -0.15) is 0 Å². The second kappa shape index (κ2) is 5.31. The summed E-state index contributed by atoms with van der Waals surface area (Å²) >= 11 is 0. The van der Waals surface area contributed by atoms with Crippen LogP contribution < -0.4 is 5.32 Å². The average molecular weight is 223 g/mol. The smallest absolute Gasteiger partial charge is 0.139 e. The molecule has 16 heavy (non-hydrogen) atoms. The molecule has 0 unspecified atom stereocenters. The van der Waals surface area contributed by atoms with Crippen molar-refractivity contribution in [2.75, 3.05) is 13.1 Å². The molecule has 2 rings (SSSR count). The maximum atomic E-state index is 12.4. The molecule has 0 atom stereocenters. The van der Waals surface area contributed by atoms with Crippen LogP contribution in [0.4, 0.5) is 0 Å². The SMILES string of the molecule is CC1(C(=O)CC2CCCCC2)CCNCC1. The minimum atomic E-state index is -0.0112. The lowest BCUT2D eigenvalue weighted by molar-refractivity contribution is -0.130. The molecule has 0 radical (unpaired) electrons. The minimum absolute atomic E-state index is 0.0112. The van der Waals surface area contributed by atoms with Crippen molar-refractivity contribution in [1.82, 2.24) is 5.32 Å². The summed E-state index contributed by atoms with van der Waals surface area (Å²) in [4.78, 5) is 12.4. The molecule has 0 spiro atoms. The molecule has 0 bridgehead atoms. The van der Waals surface area contributed by atoms with E-state index in [0.717, 1.165) is 32.4 Å². The zero-order chi connectivity index (χ0) is 11.4. The molecule has 0 aromatic heterocycles. The normalized spacial score (nSPS) is 26.6. The minimum Gasteiger partial charge on any atom is -0.317 e. The Kier molecular flexibility index (Phi) is 4.01. The predicted molar refractivity (Wildman–Crippen MR) is 66.4 cm³/mol. The summed E-state index contributed by atoms with van der Waals surface area (Å²) in [5.41, 5.74) is -0.0112. The molecule has 2 nitrogen and oxygen atoms in total. The second-order valence-corrected chi connectivity index (χ2v) is 5.94. The quantitative estimate of drug-likeness (QED) is 0.797. The molecule has 1 saturated carbocycles. The van der Waals surface area contributed by atoms with Crippen LogP contribution in [0.5, 0.6) is 0 Å². The number of ketones is 1. The van der Waals surface area contributed by atoms with Crippen LogP contribution in [0.25, 0.3) is 0 Å². The fourth-order valence-electron chi connectivity index (χ4n) is 3.16. The first-order valence-corrected chi connectivity index (χ1v) is 6.95. The summed E-state index contributed by atoms with van der Waals surface area (Å²) < 4.78 is 0. The molecule has 2 fully saturated rings. The first-order chi connectivity index (χ1) is 7.71. The summed E-state index contributed by atoms with van der Waals surface area (Å²) in [7, 11) is 0. The van der Waals surface area contributed by atoms with Crippen LogP contribution in [0.15, 0.2) is 0 Å². The number of rotatable bonds is 3. The summed E-state index contributed by atoms with van der Waals surface area (Å²) in [6.45, 7) is 4.22. The fraction of sp³-hybridized carbons (Fsp3) is 0.929. The van der Waals surface area contributed by atoms with Crippen molar-refractivity contribution >= 4 is 5.78 Å². The van der Waals surface area contributed by atoms with Gasteiger partial charge in [0.05, 0.1) is 0 Å². The van der Waals surface area contributed by atoms with Gasteiger partial charge < -0.3 is 5.32 Å². The largest absolute Gasteiger partial charge is 0.317 e. The molecule has 1 aliphatic heterocycles. The molecule has 1 aliphatic carbocycles. The van der Waals surface area contributed by atoms with Crippen LogP contribution in [0.3, 0.4) is 0 Å². The van der Waals surface area contributed by atoms with Crippen molar-refractivity contribution in [3.63, 3.8) is 0 Å². The summed E-state index contributed by atoms with van der Waals surface area (Å²) in [5, 5.41) is 3.35. The summed E-state index contributed by atoms with van der Waals surface area (Å²) in [6, 6.07) is 0. The number of piperidine rings is 1. The highest BCUT2D eigenvalue weighted by Crippen LogP contribution is 2.34. The zero-order valence-electron chi connectivity index (χ0n) is 10.6. The second-order valence-electron chi connectivity index (χ2n) is 5.94. The first-order valence-electron chi connectivity index (χ1n) is 6.95. The molecule has 1 heterocycles. The van der Waals surface area contributed by atoms with Crippen molar-refractivity contribution in [3.8, 4) is 0 Å². The Labute approximate surface area is 99.2 Å². The topological polar surface area (TPSA) is 29.1 Å². The standard InChI is InChI=1S/C14H25NO/c1-14(7-9-15-10-8-14)13(16)11-12-5-3-2-4-6-12/h12,15H,2-11H2,1H3. The van der Waals surface area contributed by atoms with Crippen molar-refractivity contribution in [2.45, 2.75) is 58.3 Å². The van der Waals surface area contributed by atoms with Crippen LogP contribution >= 0.6 is 0 Å². The maximum absolute atomic E-state index is 12.4. The monoisotopic (exact) mass is 223 g/mol. The molecule has 2 heteroatoms. The van der Waals surface area contributed by atoms with Crippen molar-refractivity contribution in [2.24, 2.45) is 11.3 Å². The third-order valence-corrected chi connectivity index (χ3v) is 4.58. The van der Waals surface area contributed by atoms with E-state index < -0.39 is 0 Å². The van der Waals surface area contributed by atoms with Crippen LogP contribution in [0.1, 0.15) is 58.3 Å². The highest BCUT2D eigenvalue weighted by Gasteiger charge is 2.35. The van der Waals surface area contributed by atoms with Crippen LogP contribution in [0, 0.1) is 11.3 Å². The van der Waals surface area contributed by atoms with Crippen molar-refractivity contribution in [3.05, 3.63) is 0 Å². The number of carbonyl (C=O) groups excluding carboxylic acids is 1. The van der Waals surface area contributed by atoms with E-state index in [1.807, 2.05) is 0 Å². The van der Waals surface area contributed by atoms with E-state index in [4.69, 9.17) is 0 Å². The Morgan fingerprint density at radius 3 is 2.44 bits per heavy atom.